The Bertz CT molecular complexity index is 1840. The Kier molecular flexibility index (Phi) is 6.25. The molecule has 1 atom stereocenters. The maximum Gasteiger partial charge on any atom is 0.248 e. The molecule has 7 nitrogen and oxygen atoms in total. The van der Waals surface area contributed by atoms with Crippen LogP contribution in [0.15, 0.2) is 59.6 Å². The van der Waals surface area contributed by atoms with E-state index >= 15 is 4.39 Å². The Hall–Kier alpha value is -3.73. The minimum atomic E-state index is -3.75. The van der Waals surface area contributed by atoms with Gasteiger partial charge >= 0.3 is 0 Å². The van der Waals surface area contributed by atoms with Gasteiger partial charge in [0.1, 0.15) is 5.82 Å². The summed E-state index contributed by atoms with van der Waals surface area (Å²) in [7, 11) is -1.98. The van der Waals surface area contributed by atoms with Gasteiger partial charge < -0.3 is 4.57 Å². The highest BCUT2D eigenvalue weighted by Crippen LogP contribution is 2.46. The van der Waals surface area contributed by atoms with Crippen LogP contribution < -0.4 is 0 Å². The van der Waals surface area contributed by atoms with Crippen LogP contribution in [0.1, 0.15) is 43.0 Å². The first-order valence-corrected chi connectivity index (χ1v) is 15.0. The molecule has 0 unspecified atom stereocenters. The molecule has 2 aromatic carbocycles. The van der Waals surface area contributed by atoms with Gasteiger partial charge in [0, 0.05) is 37.9 Å². The van der Waals surface area contributed by atoms with E-state index in [9.17, 15) is 17.2 Å². The molecule has 1 saturated carbocycles. The fourth-order valence-electron chi connectivity index (χ4n) is 6.11. The topological polar surface area (TPSA) is 82.7 Å². The van der Waals surface area contributed by atoms with E-state index < -0.39 is 27.6 Å². The van der Waals surface area contributed by atoms with Gasteiger partial charge in [-0.25, -0.2) is 26.3 Å². The molecule has 40 heavy (non-hydrogen) atoms. The van der Waals surface area contributed by atoms with Crippen molar-refractivity contribution in [3.05, 3.63) is 71.8 Å². The van der Waals surface area contributed by atoms with E-state index in [1.54, 1.807) is 17.9 Å². The van der Waals surface area contributed by atoms with Crippen LogP contribution in [0.4, 0.5) is 13.2 Å². The molecule has 3 heterocycles. The summed E-state index contributed by atoms with van der Waals surface area (Å²) in [5.74, 6) is -3.63. The fraction of sp³-hybridized carbons (Fsp3) is 0.345. The number of sulfone groups is 1. The second-order valence-electron chi connectivity index (χ2n) is 10.7. The van der Waals surface area contributed by atoms with Crippen molar-refractivity contribution >= 4 is 31.8 Å². The normalized spacial score (nSPS) is 17.1. The molecular weight excluding hydrogens is 539 g/mol. The first-order chi connectivity index (χ1) is 18.9. The molecule has 0 N–H and O–H groups in total. The maximum absolute atomic E-state index is 15.8. The minimum Gasteiger partial charge on any atom is -0.331 e. The van der Waals surface area contributed by atoms with E-state index in [1.807, 2.05) is 47.9 Å². The van der Waals surface area contributed by atoms with E-state index in [0.717, 1.165) is 23.6 Å². The molecule has 0 aliphatic heterocycles. The SMILES string of the molecule is Cc1nnn(C)c1-c1cnc2c3c(F)cc(S(C)(=O)=O)cc3n([C@H](c3ccccc3)C3CCC(F)(F)CC3)c2c1. The molecule has 1 fully saturated rings. The molecule has 0 spiro atoms. The summed E-state index contributed by atoms with van der Waals surface area (Å²) in [5.41, 5.74) is 4.28. The second-order valence-corrected chi connectivity index (χ2v) is 12.7. The lowest BCUT2D eigenvalue weighted by Gasteiger charge is -2.35. The standard InChI is InChI=1S/C29H28F3N5O2S/c1-17-27(36(2)35-34-17)20-13-24-26(33-16-20)25-22(30)14-21(40(3,38)39)15-23(25)37(24)28(18-7-5-4-6-8-18)19-9-11-29(31,32)12-10-19/h4-8,13-16,19,28H,9-12H2,1-3H3/t28-/m1/s1. The molecule has 5 aromatic rings. The molecule has 0 bridgehead atoms. The van der Waals surface area contributed by atoms with E-state index in [1.165, 1.54) is 6.07 Å². The largest absolute Gasteiger partial charge is 0.331 e. The molecule has 208 valence electrons. The van der Waals surface area contributed by atoms with E-state index in [-0.39, 0.29) is 41.9 Å². The van der Waals surface area contributed by atoms with Gasteiger partial charge in [-0.1, -0.05) is 35.5 Å². The number of fused-ring (bicyclic) bond motifs is 3. The first-order valence-electron chi connectivity index (χ1n) is 13.1. The molecule has 1 aliphatic rings. The highest BCUT2D eigenvalue weighted by atomic mass is 32.2. The number of rotatable bonds is 5. The Labute approximate surface area is 229 Å². The van der Waals surface area contributed by atoms with E-state index in [2.05, 4.69) is 15.3 Å². The van der Waals surface area contributed by atoms with Crippen LogP contribution in [-0.2, 0) is 16.9 Å². The average Bonchev–Trinajstić information content (AvgIpc) is 3.41. The Morgan fingerprint density at radius 3 is 2.38 bits per heavy atom. The van der Waals surface area contributed by atoms with Crippen molar-refractivity contribution in [3.8, 4) is 11.3 Å². The minimum absolute atomic E-state index is 0.157. The van der Waals surface area contributed by atoms with Gasteiger partial charge in [-0.3, -0.25) is 4.98 Å². The summed E-state index contributed by atoms with van der Waals surface area (Å²) < 4.78 is 73.0. The Morgan fingerprint density at radius 2 is 1.75 bits per heavy atom. The Morgan fingerprint density at radius 1 is 1.05 bits per heavy atom. The summed E-state index contributed by atoms with van der Waals surface area (Å²) in [6.45, 7) is 1.83. The quantitative estimate of drug-likeness (QED) is 0.251. The van der Waals surface area contributed by atoms with Crippen LogP contribution >= 0.6 is 0 Å². The second kappa shape index (κ2) is 9.43. The highest BCUT2D eigenvalue weighted by molar-refractivity contribution is 7.90. The number of nitrogens with zero attached hydrogens (tertiary/aromatic N) is 5. The number of hydrogen-bond acceptors (Lipinski definition) is 5. The summed E-state index contributed by atoms with van der Waals surface area (Å²) in [5, 5.41) is 8.43. The lowest BCUT2D eigenvalue weighted by Crippen LogP contribution is -2.30. The number of hydrogen-bond donors (Lipinski definition) is 0. The van der Waals surface area contributed by atoms with Crippen molar-refractivity contribution in [2.45, 2.75) is 49.5 Å². The zero-order valence-electron chi connectivity index (χ0n) is 22.3. The van der Waals surface area contributed by atoms with Gasteiger partial charge in [0.15, 0.2) is 9.84 Å². The van der Waals surface area contributed by atoms with Crippen LogP contribution in [0.2, 0.25) is 0 Å². The summed E-state index contributed by atoms with van der Waals surface area (Å²) in [4.78, 5) is 4.51. The van der Waals surface area contributed by atoms with Crippen molar-refractivity contribution in [2.24, 2.45) is 13.0 Å². The van der Waals surface area contributed by atoms with Gasteiger partial charge in [0.25, 0.3) is 0 Å². The predicted octanol–water partition coefficient (Wildman–Crippen LogP) is 6.25. The summed E-state index contributed by atoms with van der Waals surface area (Å²) in [6, 6.07) is 13.4. The molecule has 0 amide bonds. The molecule has 0 radical (unpaired) electrons. The van der Waals surface area contributed by atoms with Crippen molar-refractivity contribution in [1.82, 2.24) is 24.5 Å². The first kappa shape index (κ1) is 26.5. The van der Waals surface area contributed by atoms with Crippen LogP contribution in [0.25, 0.3) is 33.2 Å². The number of aromatic nitrogens is 5. The molecule has 0 saturated heterocycles. The van der Waals surface area contributed by atoms with Crippen LogP contribution in [0, 0.1) is 18.7 Å². The van der Waals surface area contributed by atoms with Gasteiger partial charge in [-0.15, -0.1) is 5.10 Å². The number of benzene rings is 2. The molecular formula is C29H28F3N5O2S. The summed E-state index contributed by atoms with van der Waals surface area (Å²) in [6.07, 6.45) is 2.70. The van der Waals surface area contributed by atoms with E-state index in [4.69, 9.17) is 0 Å². The van der Waals surface area contributed by atoms with Gasteiger partial charge in [0.05, 0.1) is 44.3 Å². The number of halogens is 3. The average molecular weight is 568 g/mol. The predicted molar refractivity (Wildman–Crippen MR) is 147 cm³/mol. The maximum atomic E-state index is 15.8. The number of alkyl halides is 2. The van der Waals surface area contributed by atoms with Crippen LogP contribution in [0.3, 0.4) is 0 Å². The van der Waals surface area contributed by atoms with Crippen molar-refractivity contribution < 1.29 is 21.6 Å². The smallest absolute Gasteiger partial charge is 0.248 e. The third-order valence-corrected chi connectivity index (χ3v) is 9.08. The number of aryl methyl sites for hydroxylation is 2. The lowest BCUT2D eigenvalue weighted by atomic mass is 9.79. The van der Waals surface area contributed by atoms with E-state index in [0.29, 0.717) is 27.8 Å². The highest BCUT2D eigenvalue weighted by Gasteiger charge is 2.39. The zero-order chi connectivity index (χ0) is 28.4. The van der Waals surface area contributed by atoms with Gasteiger partial charge in [-0.2, -0.15) is 0 Å². The van der Waals surface area contributed by atoms with Crippen molar-refractivity contribution in [1.29, 1.82) is 0 Å². The van der Waals surface area contributed by atoms with Crippen LogP contribution in [-0.4, -0.2) is 45.1 Å². The molecule has 6 rings (SSSR count). The number of pyridine rings is 1. The van der Waals surface area contributed by atoms with Gasteiger partial charge in [-0.05, 0) is 49.4 Å². The van der Waals surface area contributed by atoms with Crippen molar-refractivity contribution in [2.75, 3.05) is 6.26 Å². The monoisotopic (exact) mass is 567 g/mol. The Balaban J connectivity index is 1.71. The summed E-state index contributed by atoms with van der Waals surface area (Å²) >= 11 is 0. The fourth-order valence-corrected chi connectivity index (χ4v) is 6.75. The molecule has 3 aromatic heterocycles. The van der Waals surface area contributed by atoms with Crippen molar-refractivity contribution in [3.63, 3.8) is 0 Å². The van der Waals surface area contributed by atoms with Gasteiger partial charge in [0.2, 0.25) is 5.92 Å². The lowest BCUT2D eigenvalue weighted by molar-refractivity contribution is -0.0493. The third-order valence-electron chi connectivity index (χ3n) is 7.99. The van der Waals surface area contributed by atoms with Crippen LogP contribution in [0.5, 0.6) is 0 Å². The molecule has 1 aliphatic carbocycles. The zero-order valence-corrected chi connectivity index (χ0v) is 23.1. The molecule has 11 heteroatoms. The third kappa shape index (κ3) is 4.46.